The molecule has 31 heavy (non-hydrogen) atoms. The first-order valence-electron chi connectivity index (χ1n) is 11.3. The molecule has 0 aromatic heterocycles. The standard InChI is InChI=1S/C24H40BNO5/c1-10-11-16-26(21(27)29-22(2,3)4)20(17-28-9)18-12-14-19(15-13-18)25-30-23(5,6)24(7,8)31-25/h12-15,20H,10-11,16-17H2,1-9H3/t20-/m1/s1. The predicted octanol–water partition coefficient (Wildman–Crippen LogP) is 4.71. The van der Waals surface area contributed by atoms with Crippen LogP contribution in [0.2, 0.25) is 0 Å². The van der Waals surface area contributed by atoms with Gasteiger partial charge in [-0.3, -0.25) is 4.90 Å². The molecule has 0 aliphatic carbocycles. The number of carbonyl (C=O) groups excluding carboxylic acids is 1. The van der Waals surface area contributed by atoms with Crippen LogP contribution in [-0.2, 0) is 18.8 Å². The lowest BCUT2D eigenvalue weighted by Gasteiger charge is -2.33. The van der Waals surface area contributed by atoms with E-state index in [2.05, 4.69) is 6.92 Å². The Bertz CT molecular complexity index is 710. The van der Waals surface area contributed by atoms with Crippen molar-refractivity contribution in [2.75, 3.05) is 20.3 Å². The van der Waals surface area contributed by atoms with E-state index in [1.54, 1.807) is 12.0 Å². The molecule has 0 unspecified atom stereocenters. The van der Waals surface area contributed by atoms with E-state index in [0.717, 1.165) is 23.9 Å². The van der Waals surface area contributed by atoms with E-state index >= 15 is 0 Å². The Labute approximate surface area is 188 Å². The third kappa shape index (κ3) is 6.47. The second-order valence-corrected chi connectivity index (χ2v) is 10.3. The van der Waals surface area contributed by atoms with Gasteiger partial charge in [-0.15, -0.1) is 0 Å². The Morgan fingerprint density at radius 2 is 1.65 bits per heavy atom. The Morgan fingerprint density at radius 3 is 2.10 bits per heavy atom. The van der Waals surface area contributed by atoms with Crippen molar-refractivity contribution in [3.63, 3.8) is 0 Å². The first kappa shape index (κ1) is 25.7. The normalized spacial score (nSPS) is 18.7. The van der Waals surface area contributed by atoms with Crippen LogP contribution in [0.25, 0.3) is 0 Å². The molecule has 2 rings (SSSR count). The molecule has 1 saturated heterocycles. The molecule has 0 N–H and O–H groups in total. The van der Waals surface area contributed by atoms with Gasteiger partial charge >= 0.3 is 13.2 Å². The van der Waals surface area contributed by atoms with E-state index in [0.29, 0.717) is 13.2 Å². The number of unbranched alkanes of at least 4 members (excludes halogenated alkanes) is 1. The average molecular weight is 433 g/mol. The molecule has 1 heterocycles. The van der Waals surface area contributed by atoms with Crippen LogP contribution in [-0.4, -0.2) is 55.2 Å². The molecule has 1 aromatic carbocycles. The SMILES string of the molecule is CCCCN(C(=O)OC(C)(C)C)[C@H](COC)c1ccc(B2OC(C)(C)C(C)(C)O2)cc1. The molecule has 1 atom stereocenters. The van der Waals surface area contributed by atoms with Gasteiger partial charge in [-0.1, -0.05) is 37.6 Å². The summed E-state index contributed by atoms with van der Waals surface area (Å²) in [6.45, 7) is 16.9. The second-order valence-electron chi connectivity index (χ2n) is 10.3. The molecule has 7 heteroatoms. The van der Waals surface area contributed by atoms with E-state index in [-0.39, 0.29) is 23.3 Å². The Kier molecular flexibility index (Phi) is 8.23. The first-order valence-corrected chi connectivity index (χ1v) is 11.3. The van der Waals surface area contributed by atoms with Crippen molar-refractivity contribution >= 4 is 18.7 Å². The van der Waals surface area contributed by atoms with Gasteiger partial charge in [0, 0.05) is 13.7 Å². The highest BCUT2D eigenvalue weighted by molar-refractivity contribution is 6.62. The molecule has 174 valence electrons. The van der Waals surface area contributed by atoms with Gasteiger partial charge in [0.15, 0.2) is 0 Å². The number of hydrogen-bond donors (Lipinski definition) is 0. The number of ether oxygens (including phenoxy) is 2. The molecule has 1 amide bonds. The Hall–Kier alpha value is -1.57. The Morgan fingerprint density at radius 1 is 1.10 bits per heavy atom. The van der Waals surface area contributed by atoms with Crippen molar-refractivity contribution < 1.29 is 23.6 Å². The van der Waals surface area contributed by atoms with Gasteiger partial charge in [-0.25, -0.2) is 4.79 Å². The van der Waals surface area contributed by atoms with Crippen molar-refractivity contribution in [1.29, 1.82) is 0 Å². The molecule has 6 nitrogen and oxygen atoms in total. The summed E-state index contributed by atoms with van der Waals surface area (Å²) in [5.74, 6) is 0. The summed E-state index contributed by atoms with van der Waals surface area (Å²) in [7, 11) is 1.24. The van der Waals surface area contributed by atoms with Gasteiger partial charge in [0.2, 0.25) is 0 Å². The van der Waals surface area contributed by atoms with Crippen LogP contribution in [0.1, 0.15) is 79.8 Å². The van der Waals surface area contributed by atoms with Gasteiger partial charge in [0.25, 0.3) is 0 Å². The van der Waals surface area contributed by atoms with Crippen LogP contribution in [0.5, 0.6) is 0 Å². The molecule has 1 aliphatic rings. The minimum absolute atomic E-state index is 0.237. The van der Waals surface area contributed by atoms with Gasteiger partial charge in [0.1, 0.15) is 5.60 Å². The minimum Gasteiger partial charge on any atom is -0.444 e. The summed E-state index contributed by atoms with van der Waals surface area (Å²) < 4.78 is 23.5. The summed E-state index contributed by atoms with van der Waals surface area (Å²) in [6.07, 6.45) is 1.56. The molecule has 0 radical (unpaired) electrons. The monoisotopic (exact) mass is 433 g/mol. The molecule has 1 fully saturated rings. The van der Waals surface area contributed by atoms with Crippen molar-refractivity contribution in [2.24, 2.45) is 0 Å². The summed E-state index contributed by atoms with van der Waals surface area (Å²) in [4.78, 5) is 14.8. The molecular weight excluding hydrogens is 393 g/mol. The van der Waals surface area contributed by atoms with Crippen molar-refractivity contribution in [1.82, 2.24) is 4.90 Å². The zero-order valence-corrected chi connectivity index (χ0v) is 20.8. The van der Waals surface area contributed by atoms with E-state index in [1.807, 2.05) is 72.7 Å². The van der Waals surface area contributed by atoms with Gasteiger partial charge in [-0.05, 0) is 65.9 Å². The van der Waals surface area contributed by atoms with Gasteiger partial charge in [-0.2, -0.15) is 0 Å². The maximum atomic E-state index is 13.0. The van der Waals surface area contributed by atoms with Crippen LogP contribution in [0.4, 0.5) is 4.79 Å². The number of amides is 1. The quantitative estimate of drug-likeness (QED) is 0.556. The highest BCUT2D eigenvalue weighted by atomic mass is 16.7. The molecule has 0 saturated carbocycles. The van der Waals surface area contributed by atoms with E-state index in [1.165, 1.54) is 0 Å². The maximum Gasteiger partial charge on any atom is 0.494 e. The number of nitrogens with zero attached hydrogens (tertiary/aromatic N) is 1. The Balaban J connectivity index is 2.27. The van der Waals surface area contributed by atoms with Gasteiger partial charge in [0.05, 0.1) is 23.9 Å². The lowest BCUT2D eigenvalue weighted by atomic mass is 9.78. The number of rotatable bonds is 8. The minimum atomic E-state index is -0.556. The third-order valence-electron chi connectivity index (χ3n) is 5.93. The van der Waals surface area contributed by atoms with E-state index in [9.17, 15) is 4.79 Å². The average Bonchev–Trinajstić information content (AvgIpc) is 2.87. The lowest BCUT2D eigenvalue weighted by molar-refractivity contribution is 0.00498. The molecule has 0 bridgehead atoms. The zero-order valence-electron chi connectivity index (χ0n) is 20.8. The van der Waals surface area contributed by atoms with Crippen LogP contribution < -0.4 is 5.46 Å². The van der Waals surface area contributed by atoms with Crippen LogP contribution in [0, 0.1) is 0 Å². The van der Waals surface area contributed by atoms with Crippen LogP contribution >= 0.6 is 0 Å². The van der Waals surface area contributed by atoms with E-state index in [4.69, 9.17) is 18.8 Å². The predicted molar refractivity (Wildman–Crippen MR) is 125 cm³/mol. The number of benzene rings is 1. The van der Waals surface area contributed by atoms with Gasteiger partial charge < -0.3 is 18.8 Å². The summed E-state index contributed by atoms with van der Waals surface area (Å²) in [6, 6.07) is 7.82. The number of hydrogen-bond acceptors (Lipinski definition) is 5. The largest absolute Gasteiger partial charge is 0.494 e. The van der Waals surface area contributed by atoms with Crippen molar-refractivity contribution in [3.05, 3.63) is 29.8 Å². The number of methoxy groups -OCH3 is 1. The topological polar surface area (TPSA) is 57.2 Å². The molecule has 0 spiro atoms. The summed E-state index contributed by atoms with van der Waals surface area (Å²) in [5.41, 5.74) is 0.616. The van der Waals surface area contributed by atoms with Crippen molar-refractivity contribution in [3.8, 4) is 0 Å². The van der Waals surface area contributed by atoms with Crippen LogP contribution in [0.15, 0.2) is 24.3 Å². The van der Waals surface area contributed by atoms with Crippen molar-refractivity contribution in [2.45, 2.75) is 91.1 Å². The highest BCUT2D eigenvalue weighted by Gasteiger charge is 2.51. The second kappa shape index (κ2) is 9.93. The zero-order chi connectivity index (χ0) is 23.4. The molecular formula is C24H40BNO5. The fraction of sp³-hybridized carbons (Fsp3) is 0.708. The lowest BCUT2D eigenvalue weighted by Crippen LogP contribution is -2.41. The smallest absolute Gasteiger partial charge is 0.444 e. The molecule has 1 aliphatic heterocycles. The first-order chi connectivity index (χ1) is 14.3. The summed E-state index contributed by atoms with van der Waals surface area (Å²) >= 11 is 0. The maximum absolute atomic E-state index is 13.0. The fourth-order valence-corrected chi connectivity index (χ4v) is 3.40. The highest BCUT2D eigenvalue weighted by Crippen LogP contribution is 2.36. The summed E-state index contributed by atoms with van der Waals surface area (Å²) in [5, 5.41) is 0. The molecule has 1 aromatic rings. The van der Waals surface area contributed by atoms with Crippen LogP contribution in [0.3, 0.4) is 0 Å². The fourth-order valence-electron chi connectivity index (χ4n) is 3.40. The third-order valence-corrected chi connectivity index (χ3v) is 5.93. The van der Waals surface area contributed by atoms with E-state index < -0.39 is 12.7 Å². The number of carbonyl (C=O) groups is 1.